The van der Waals surface area contributed by atoms with Crippen LogP contribution < -0.4 is 10.1 Å². The minimum Gasteiger partial charge on any atom is -0.496 e. The summed E-state index contributed by atoms with van der Waals surface area (Å²) in [4.78, 5) is 11.0. The number of methoxy groups -OCH3 is 2. The minimum absolute atomic E-state index is 0.237. The summed E-state index contributed by atoms with van der Waals surface area (Å²) in [6, 6.07) is 2.15. The number of esters is 1. The van der Waals surface area contributed by atoms with Gasteiger partial charge in [-0.3, -0.25) is 4.79 Å². The Hall–Kier alpha value is -1.55. The molecule has 0 saturated carbocycles. The quantitative estimate of drug-likeness (QED) is 0.630. The van der Waals surface area contributed by atoms with Crippen molar-refractivity contribution >= 4 is 5.97 Å². The predicted molar refractivity (Wildman–Crippen MR) is 75.8 cm³/mol. The first-order valence-corrected chi connectivity index (χ1v) is 6.42. The number of aryl methyl sites for hydroxylation is 1. The summed E-state index contributed by atoms with van der Waals surface area (Å²) < 4.78 is 9.98. The number of ether oxygens (including phenoxy) is 2. The zero-order chi connectivity index (χ0) is 14.4. The zero-order valence-electron chi connectivity index (χ0n) is 12.4. The van der Waals surface area contributed by atoms with Crippen molar-refractivity contribution in [2.24, 2.45) is 0 Å². The SMILES string of the molecule is COC(=O)CNCCc1cc(C)c(OC)c(C)c1C. The molecule has 1 aromatic carbocycles. The third kappa shape index (κ3) is 3.96. The summed E-state index contributed by atoms with van der Waals surface area (Å²) in [5, 5.41) is 3.07. The number of hydrogen-bond donors (Lipinski definition) is 1. The van der Waals surface area contributed by atoms with Gasteiger partial charge in [0, 0.05) is 0 Å². The highest BCUT2D eigenvalue weighted by Crippen LogP contribution is 2.28. The second-order valence-corrected chi connectivity index (χ2v) is 4.64. The molecule has 1 N–H and O–H groups in total. The molecule has 4 heteroatoms. The molecule has 0 heterocycles. The Morgan fingerprint density at radius 1 is 1.21 bits per heavy atom. The highest BCUT2D eigenvalue weighted by Gasteiger charge is 2.10. The van der Waals surface area contributed by atoms with E-state index in [9.17, 15) is 4.79 Å². The molecule has 0 fully saturated rings. The normalized spacial score (nSPS) is 10.4. The molecule has 0 aromatic heterocycles. The second-order valence-electron chi connectivity index (χ2n) is 4.64. The maximum atomic E-state index is 11.0. The first-order chi connectivity index (χ1) is 9.01. The van der Waals surface area contributed by atoms with Gasteiger partial charge in [0.05, 0.1) is 20.8 Å². The Labute approximate surface area is 115 Å². The predicted octanol–water partition coefficient (Wildman–Crippen LogP) is 1.93. The summed E-state index contributed by atoms with van der Waals surface area (Å²) in [7, 11) is 3.09. The standard InChI is InChI=1S/C15H23NO3/c1-10-8-13(6-7-16-9-14(17)18-4)11(2)12(3)15(10)19-5/h8,16H,6-7,9H2,1-5H3. The Morgan fingerprint density at radius 2 is 1.89 bits per heavy atom. The largest absolute Gasteiger partial charge is 0.496 e. The monoisotopic (exact) mass is 265 g/mol. The van der Waals surface area contributed by atoms with Gasteiger partial charge in [-0.2, -0.15) is 0 Å². The van der Waals surface area contributed by atoms with Crippen molar-refractivity contribution < 1.29 is 14.3 Å². The Kier molecular flexibility index (Phi) is 5.83. The maximum absolute atomic E-state index is 11.0. The van der Waals surface area contributed by atoms with E-state index in [1.165, 1.54) is 23.8 Å². The molecule has 0 aliphatic heterocycles. The summed E-state index contributed by atoms with van der Waals surface area (Å²) in [6.07, 6.45) is 0.883. The summed E-state index contributed by atoms with van der Waals surface area (Å²) in [6.45, 7) is 7.24. The molecule has 1 aromatic rings. The van der Waals surface area contributed by atoms with Gasteiger partial charge in [-0.1, -0.05) is 6.07 Å². The van der Waals surface area contributed by atoms with Crippen molar-refractivity contribution in [2.75, 3.05) is 27.3 Å². The van der Waals surface area contributed by atoms with Crippen molar-refractivity contribution in [2.45, 2.75) is 27.2 Å². The Bertz CT molecular complexity index is 455. The summed E-state index contributed by atoms with van der Waals surface area (Å²) >= 11 is 0. The second kappa shape index (κ2) is 7.14. The first kappa shape index (κ1) is 15.5. The van der Waals surface area contributed by atoms with Crippen LogP contribution in [0.25, 0.3) is 0 Å². The van der Waals surface area contributed by atoms with Crippen LogP contribution in [0, 0.1) is 20.8 Å². The highest BCUT2D eigenvalue weighted by atomic mass is 16.5. The molecule has 0 amide bonds. The van der Waals surface area contributed by atoms with Gasteiger partial charge in [0.15, 0.2) is 0 Å². The van der Waals surface area contributed by atoms with Crippen LogP contribution in [0.5, 0.6) is 5.75 Å². The molecule has 106 valence electrons. The van der Waals surface area contributed by atoms with Gasteiger partial charge in [0.25, 0.3) is 0 Å². The van der Waals surface area contributed by atoms with Gasteiger partial charge in [-0.25, -0.2) is 0 Å². The molecule has 4 nitrogen and oxygen atoms in total. The van der Waals surface area contributed by atoms with Crippen LogP contribution in [0.4, 0.5) is 0 Å². The zero-order valence-corrected chi connectivity index (χ0v) is 12.4. The Morgan fingerprint density at radius 3 is 2.47 bits per heavy atom. The molecule has 0 radical (unpaired) electrons. The number of carbonyl (C=O) groups is 1. The van der Waals surface area contributed by atoms with E-state index in [0.29, 0.717) is 0 Å². The van der Waals surface area contributed by atoms with E-state index in [1.807, 2.05) is 0 Å². The first-order valence-electron chi connectivity index (χ1n) is 6.42. The van der Waals surface area contributed by atoms with E-state index in [4.69, 9.17) is 4.74 Å². The molecular formula is C15H23NO3. The lowest BCUT2D eigenvalue weighted by molar-refractivity contribution is -0.139. The maximum Gasteiger partial charge on any atom is 0.319 e. The van der Waals surface area contributed by atoms with Gasteiger partial charge in [0.1, 0.15) is 5.75 Å². The average Bonchev–Trinajstić information content (AvgIpc) is 2.40. The van der Waals surface area contributed by atoms with Gasteiger partial charge in [0.2, 0.25) is 0 Å². The van der Waals surface area contributed by atoms with Crippen molar-refractivity contribution in [1.82, 2.24) is 5.32 Å². The lowest BCUT2D eigenvalue weighted by Gasteiger charge is -2.15. The number of carbonyl (C=O) groups excluding carboxylic acids is 1. The van der Waals surface area contributed by atoms with Gasteiger partial charge < -0.3 is 14.8 Å². The fourth-order valence-corrected chi connectivity index (χ4v) is 2.20. The topological polar surface area (TPSA) is 47.6 Å². The number of hydrogen-bond acceptors (Lipinski definition) is 4. The van der Waals surface area contributed by atoms with Crippen molar-refractivity contribution in [3.8, 4) is 5.75 Å². The van der Waals surface area contributed by atoms with Crippen LogP contribution in [0.1, 0.15) is 22.3 Å². The fourth-order valence-electron chi connectivity index (χ4n) is 2.20. The molecule has 0 atom stereocenters. The van der Waals surface area contributed by atoms with Gasteiger partial charge in [-0.05, 0) is 56.0 Å². The molecular weight excluding hydrogens is 242 g/mol. The van der Waals surface area contributed by atoms with Crippen LogP contribution in [-0.4, -0.2) is 33.3 Å². The third-order valence-electron chi connectivity index (χ3n) is 3.41. The van der Waals surface area contributed by atoms with Gasteiger partial charge in [-0.15, -0.1) is 0 Å². The lowest BCUT2D eigenvalue weighted by Crippen LogP contribution is -2.26. The van der Waals surface area contributed by atoms with E-state index in [1.54, 1.807) is 7.11 Å². The lowest BCUT2D eigenvalue weighted by atomic mass is 9.96. The van der Waals surface area contributed by atoms with E-state index in [2.05, 4.69) is 36.9 Å². The fraction of sp³-hybridized carbons (Fsp3) is 0.533. The highest BCUT2D eigenvalue weighted by molar-refractivity contribution is 5.71. The average molecular weight is 265 g/mol. The molecule has 0 aliphatic rings. The molecule has 0 unspecified atom stereocenters. The number of nitrogens with one attached hydrogen (secondary N) is 1. The minimum atomic E-state index is -0.237. The van der Waals surface area contributed by atoms with E-state index in [-0.39, 0.29) is 12.5 Å². The molecule has 0 bridgehead atoms. The van der Waals surface area contributed by atoms with Crippen LogP contribution in [0.2, 0.25) is 0 Å². The molecule has 0 spiro atoms. The van der Waals surface area contributed by atoms with Crippen LogP contribution in [-0.2, 0) is 16.0 Å². The van der Waals surface area contributed by atoms with E-state index in [0.717, 1.165) is 24.3 Å². The van der Waals surface area contributed by atoms with Crippen LogP contribution in [0.3, 0.4) is 0 Å². The summed E-state index contributed by atoms with van der Waals surface area (Å²) in [5.41, 5.74) is 4.87. The molecule has 1 rings (SSSR count). The van der Waals surface area contributed by atoms with E-state index >= 15 is 0 Å². The van der Waals surface area contributed by atoms with Crippen LogP contribution in [0.15, 0.2) is 6.07 Å². The Balaban J connectivity index is 2.67. The van der Waals surface area contributed by atoms with Crippen molar-refractivity contribution in [3.63, 3.8) is 0 Å². The molecule has 0 aliphatic carbocycles. The summed E-state index contributed by atoms with van der Waals surface area (Å²) in [5.74, 6) is 0.725. The van der Waals surface area contributed by atoms with Crippen molar-refractivity contribution in [3.05, 3.63) is 28.3 Å². The molecule has 19 heavy (non-hydrogen) atoms. The molecule has 0 saturated heterocycles. The number of benzene rings is 1. The smallest absolute Gasteiger partial charge is 0.319 e. The van der Waals surface area contributed by atoms with E-state index < -0.39 is 0 Å². The third-order valence-corrected chi connectivity index (χ3v) is 3.41. The van der Waals surface area contributed by atoms with Gasteiger partial charge >= 0.3 is 5.97 Å². The van der Waals surface area contributed by atoms with Crippen LogP contribution >= 0.6 is 0 Å². The van der Waals surface area contributed by atoms with Crippen molar-refractivity contribution in [1.29, 1.82) is 0 Å². The number of rotatable bonds is 6.